The van der Waals surface area contributed by atoms with Crippen LogP contribution in [0, 0.1) is 23.7 Å². The van der Waals surface area contributed by atoms with E-state index in [1.807, 2.05) is 0 Å². The molecule has 2 nitrogen and oxygen atoms in total. The van der Waals surface area contributed by atoms with Crippen molar-refractivity contribution in [3.05, 3.63) is 0 Å². The second-order valence-electron chi connectivity index (χ2n) is 7.62. The maximum atomic E-state index is 12.8. The van der Waals surface area contributed by atoms with Crippen LogP contribution < -0.4 is 5.32 Å². The number of nitrogens with one attached hydrogen (secondary N) is 1. The molecule has 1 N–H and O–H groups in total. The Morgan fingerprint density at radius 2 is 1.63 bits per heavy atom. The van der Waals surface area contributed by atoms with Crippen molar-refractivity contribution in [2.75, 3.05) is 0 Å². The Morgan fingerprint density at radius 3 is 2.32 bits per heavy atom. The van der Waals surface area contributed by atoms with Crippen LogP contribution in [0.25, 0.3) is 0 Å². The minimum absolute atomic E-state index is 0.190. The van der Waals surface area contributed by atoms with E-state index >= 15 is 0 Å². The highest BCUT2D eigenvalue weighted by Gasteiger charge is 2.41. The lowest BCUT2D eigenvalue weighted by atomic mass is 9.73. The molecule has 0 spiro atoms. The van der Waals surface area contributed by atoms with Gasteiger partial charge < -0.3 is 5.32 Å². The molecule has 3 aliphatic rings. The molecule has 0 aromatic heterocycles. The highest BCUT2D eigenvalue weighted by atomic mass is 16.1. The average Bonchev–Trinajstić information content (AvgIpc) is 2.80. The summed E-state index contributed by atoms with van der Waals surface area (Å²) in [5.41, 5.74) is 0. The van der Waals surface area contributed by atoms with Crippen molar-refractivity contribution in [3.8, 4) is 0 Å². The van der Waals surface area contributed by atoms with Crippen LogP contribution >= 0.6 is 0 Å². The molecule has 2 heteroatoms. The minimum atomic E-state index is 0.190. The van der Waals surface area contributed by atoms with E-state index in [9.17, 15) is 4.79 Å². The standard InChI is InChI=1S/C17H29NO/c1-11-7-12(2)9-14(8-11)17(19)16-10-13-5-3-4-6-15(13)18-16/h11-16,18H,3-10H2,1-2H3. The van der Waals surface area contributed by atoms with Gasteiger partial charge in [0.05, 0.1) is 6.04 Å². The molecule has 0 bridgehead atoms. The van der Waals surface area contributed by atoms with Gasteiger partial charge in [0.1, 0.15) is 0 Å². The van der Waals surface area contributed by atoms with Crippen molar-refractivity contribution in [1.82, 2.24) is 5.32 Å². The van der Waals surface area contributed by atoms with Gasteiger partial charge in [-0.1, -0.05) is 26.7 Å². The van der Waals surface area contributed by atoms with E-state index in [-0.39, 0.29) is 6.04 Å². The molecule has 5 atom stereocenters. The first kappa shape index (κ1) is 13.6. The zero-order valence-electron chi connectivity index (χ0n) is 12.5. The van der Waals surface area contributed by atoms with Gasteiger partial charge >= 0.3 is 0 Å². The van der Waals surface area contributed by atoms with Crippen LogP contribution in [0.15, 0.2) is 0 Å². The number of carbonyl (C=O) groups is 1. The average molecular weight is 263 g/mol. The minimum Gasteiger partial charge on any atom is -0.304 e. The summed E-state index contributed by atoms with van der Waals surface area (Å²) in [5.74, 6) is 3.16. The summed E-state index contributed by atoms with van der Waals surface area (Å²) in [4.78, 5) is 12.8. The SMILES string of the molecule is CC1CC(C)CC(C(=O)C2CC3CCCCC3N2)C1. The van der Waals surface area contributed by atoms with Gasteiger partial charge in [0.2, 0.25) is 0 Å². The first-order chi connectivity index (χ1) is 9.13. The van der Waals surface area contributed by atoms with Crippen molar-refractivity contribution in [2.24, 2.45) is 23.7 Å². The molecule has 19 heavy (non-hydrogen) atoms. The fourth-order valence-electron chi connectivity index (χ4n) is 5.00. The lowest BCUT2D eigenvalue weighted by molar-refractivity contribution is -0.126. The molecule has 108 valence electrons. The number of hydrogen-bond acceptors (Lipinski definition) is 2. The Morgan fingerprint density at radius 1 is 0.947 bits per heavy atom. The second-order valence-corrected chi connectivity index (χ2v) is 7.62. The van der Waals surface area contributed by atoms with Crippen molar-refractivity contribution >= 4 is 5.78 Å². The second kappa shape index (κ2) is 5.55. The molecule has 2 saturated carbocycles. The van der Waals surface area contributed by atoms with Crippen LogP contribution in [0.3, 0.4) is 0 Å². The molecule has 0 aromatic rings. The Hall–Kier alpha value is -0.370. The number of Topliss-reactive ketones (excluding diaryl/α,β-unsaturated/α-hetero) is 1. The largest absolute Gasteiger partial charge is 0.304 e. The van der Waals surface area contributed by atoms with Crippen molar-refractivity contribution < 1.29 is 4.79 Å². The Kier molecular flexibility index (Phi) is 3.98. The van der Waals surface area contributed by atoms with Crippen LogP contribution in [0.1, 0.15) is 65.2 Å². The zero-order valence-corrected chi connectivity index (χ0v) is 12.5. The van der Waals surface area contributed by atoms with E-state index in [1.54, 1.807) is 0 Å². The monoisotopic (exact) mass is 263 g/mol. The lowest BCUT2D eigenvalue weighted by Gasteiger charge is -2.32. The highest BCUT2D eigenvalue weighted by molar-refractivity contribution is 5.86. The summed E-state index contributed by atoms with van der Waals surface area (Å²) < 4.78 is 0. The normalized spacial score (nSPS) is 46.8. The van der Waals surface area contributed by atoms with Gasteiger partial charge in [-0.15, -0.1) is 0 Å². The molecule has 0 amide bonds. The van der Waals surface area contributed by atoms with Gasteiger partial charge in [0.15, 0.2) is 5.78 Å². The molecule has 0 radical (unpaired) electrons. The van der Waals surface area contributed by atoms with E-state index in [2.05, 4.69) is 19.2 Å². The van der Waals surface area contributed by atoms with Gasteiger partial charge in [0.25, 0.3) is 0 Å². The number of ketones is 1. The predicted molar refractivity (Wildman–Crippen MR) is 78.0 cm³/mol. The van der Waals surface area contributed by atoms with Crippen LogP contribution in [0.5, 0.6) is 0 Å². The molecule has 1 aliphatic heterocycles. The van der Waals surface area contributed by atoms with Gasteiger partial charge in [-0.25, -0.2) is 0 Å². The molecule has 3 fully saturated rings. The summed E-state index contributed by atoms with van der Waals surface area (Å²) in [5, 5.41) is 3.67. The Labute approximate surface area is 117 Å². The molecular formula is C17H29NO. The van der Waals surface area contributed by atoms with Gasteiger partial charge in [-0.05, 0) is 56.3 Å². The number of rotatable bonds is 2. The summed E-state index contributed by atoms with van der Waals surface area (Å²) in [6.07, 6.45) is 10.1. The Balaban J connectivity index is 1.61. The first-order valence-corrected chi connectivity index (χ1v) is 8.43. The maximum Gasteiger partial charge on any atom is 0.152 e. The van der Waals surface area contributed by atoms with E-state index in [0.717, 1.165) is 37.0 Å². The molecular weight excluding hydrogens is 234 g/mol. The molecule has 0 aromatic carbocycles. The molecule has 3 rings (SSSR count). The van der Waals surface area contributed by atoms with E-state index in [4.69, 9.17) is 0 Å². The van der Waals surface area contributed by atoms with Gasteiger partial charge in [-0.3, -0.25) is 4.79 Å². The van der Waals surface area contributed by atoms with Crippen LogP contribution in [-0.4, -0.2) is 17.9 Å². The van der Waals surface area contributed by atoms with Crippen molar-refractivity contribution in [2.45, 2.75) is 77.3 Å². The van der Waals surface area contributed by atoms with Crippen molar-refractivity contribution in [3.63, 3.8) is 0 Å². The molecule has 1 saturated heterocycles. The third-order valence-corrected chi connectivity index (χ3v) is 5.79. The van der Waals surface area contributed by atoms with Crippen molar-refractivity contribution in [1.29, 1.82) is 0 Å². The molecule has 2 aliphatic carbocycles. The topological polar surface area (TPSA) is 29.1 Å². The van der Waals surface area contributed by atoms with Gasteiger partial charge in [-0.2, -0.15) is 0 Å². The summed E-state index contributed by atoms with van der Waals surface area (Å²) >= 11 is 0. The van der Waals surface area contributed by atoms with E-state index in [1.165, 1.54) is 32.1 Å². The zero-order chi connectivity index (χ0) is 13.4. The molecule has 1 heterocycles. The van der Waals surface area contributed by atoms with Gasteiger partial charge in [0, 0.05) is 12.0 Å². The summed E-state index contributed by atoms with van der Waals surface area (Å²) in [6.45, 7) is 4.63. The van der Waals surface area contributed by atoms with E-state index < -0.39 is 0 Å². The molecule has 5 unspecified atom stereocenters. The quantitative estimate of drug-likeness (QED) is 0.825. The van der Waals surface area contributed by atoms with E-state index in [0.29, 0.717) is 17.7 Å². The third kappa shape index (κ3) is 2.89. The highest BCUT2D eigenvalue weighted by Crippen LogP contribution is 2.38. The fourth-order valence-corrected chi connectivity index (χ4v) is 5.00. The number of fused-ring (bicyclic) bond motifs is 1. The first-order valence-electron chi connectivity index (χ1n) is 8.43. The van der Waals surface area contributed by atoms with Crippen LogP contribution in [0.4, 0.5) is 0 Å². The van der Waals surface area contributed by atoms with Crippen LogP contribution in [0.2, 0.25) is 0 Å². The fraction of sp³-hybridized carbons (Fsp3) is 0.941. The summed E-state index contributed by atoms with van der Waals surface area (Å²) in [7, 11) is 0. The summed E-state index contributed by atoms with van der Waals surface area (Å²) in [6, 6.07) is 0.844. The Bertz CT molecular complexity index is 316. The smallest absolute Gasteiger partial charge is 0.152 e. The third-order valence-electron chi connectivity index (χ3n) is 5.79. The lowest BCUT2D eigenvalue weighted by Crippen LogP contribution is -2.41. The number of carbonyl (C=O) groups excluding carboxylic acids is 1. The maximum absolute atomic E-state index is 12.8. The van der Waals surface area contributed by atoms with Crippen LogP contribution in [-0.2, 0) is 4.79 Å². The predicted octanol–water partition coefficient (Wildman–Crippen LogP) is 3.55. The number of hydrogen-bond donors (Lipinski definition) is 1.